The predicted octanol–water partition coefficient (Wildman–Crippen LogP) is 4.21. The molecular formula is C12H16F2. The monoisotopic (exact) mass is 198 g/mol. The zero-order valence-electron chi connectivity index (χ0n) is 9.07. The van der Waals surface area contributed by atoms with Crippen molar-refractivity contribution in [2.45, 2.75) is 39.5 Å². The van der Waals surface area contributed by atoms with Crippen LogP contribution in [0.25, 0.3) is 0 Å². The Bertz CT molecular complexity index is 327. The minimum absolute atomic E-state index is 0.0168. The highest BCUT2D eigenvalue weighted by molar-refractivity contribution is 5.34. The van der Waals surface area contributed by atoms with Crippen LogP contribution < -0.4 is 0 Å². The first-order valence-electron chi connectivity index (χ1n) is 4.93. The van der Waals surface area contributed by atoms with Crippen LogP contribution in [0, 0.1) is 11.6 Å². The van der Waals surface area contributed by atoms with Gasteiger partial charge >= 0.3 is 0 Å². The molecule has 0 heterocycles. The van der Waals surface area contributed by atoms with Crippen molar-refractivity contribution >= 4 is 0 Å². The van der Waals surface area contributed by atoms with E-state index in [1.807, 2.05) is 27.7 Å². The summed E-state index contributed by atoms with van der Waals surface area (Å²) in [6.07, 6.45) is 0. The highest BCUT2D eigenvalue weighted by atomic mass is 19.2. The molecule has 0 saturated heterocycles. The van der Waals surface area contributed by atoms with Crippen LogP contribution in [-0.4, -0.2) is 0 Å². The van der Waals surface area contributed by atoms with Crippen molar-refractivity contribution in [3.63, 3.8) is 0 Å². The van der Waals surface area contributed by atoms with E-state index in [0.29, 0.717) is 5.56 Å². The third kappa shape index (κ3) is 1.94. The van der Waals surface area contributed by atoms with Crippen LogP contribution in [0.2, 0.25) is 0 Å². The second kappa shape index (κ2) is 4.07. The average molecular weight is 198 g/mol. The first kappa shape index (κ1) is 11.2. The Hall–Kier alpha value is -0.920. The second-order valence-electron chi connectivity index (χ2n) is 4.17. The number of benzene rings is 1. The maximum Gasteiger partial charge on any atom is 0.162 e. The summed E-state index contributed by atoms with van der Waals surface area (Å²) in [6.45, 7) is 7.73. The standard InChI is InChI=1S/C12H16F2/c1-7(2)9-5-6-10(13)12(14)11(9)8(3)4/h5-8H,1-4H3. The van der Waals surface area contributed by atoms with E-state index in [-0.39, 0.29) is 11.8 Å². The van der Waals surface area contributed by atoms with Crippen molar-refractivity contribution < 1.29 is 8.78 Å². The molecule has 0 radical (unpaired) electrons. The molecule has 0 amide bonds. The first-order chi connectivity index (χ1) is 6.45. The molecule has 0 aliphatic rings. The molecule has 0 unspecified atom stereocenters. The molecule has 1 aromatic rings. The Kier molecular flexibility index (Phi) is 3.25. The molecule has 1 aromatic carbocycles. The molecule has 0 N–H and O–H groups in total. The zero-order chi connectivity index (χ0) is 10.9. The molecule has 0 saturated carbocycles. The quantitative estimate of drug-likeness (QED) is 0.667. The minimum atomic E-state index is -0.752. The van der Waals surface area contributed by atoms with E-state index in [1.165, 1.54) is 6.07 Å². The van der Waals surface area contributed by atoms with E-state index in [0.717, 1.165) is 5.56 Å². The third-order valence-electron chi connectivity index (χ3n) is 2.37. The fraction of sp³-hybridized carbons (Fsp3) is 0.500. The van der Waals surface area contributed by atoms with Gasteiger partial charge in [-0.25, -0.2) is 8.78 Å². The minimum Gasteiger partial charge on any atom is -0.204 e. The van der Waals surface area contributed by atoms with E-state index in [1.54, 1.807) is 6.07 Å². The van der Waals surface area contributed by atoms with Crippen molar-refractivity contribution in [2.75, 3.05) is 0 Å². The Morgan fingerprint density at radius 3 is 1.93 bits per heavy atom. The van der Waals surface area contributed by atoms with Crippen LogP contribution in [-0.2, 0) is 0 Å². The summed E-state index contributed by atoms with van der Waals surface area (Å²) < 4.78 is 26.5. The molecule has 0 fully saturated rings. The van der Waals surface area contributed by atoms with Crippen LogP contribution >= 0.6 is 0 Å². The third-order valence-corrected chi connectivity index (χ3v) is 2.37. The van der Waals surface area contributed by atoms with Crippen LogP contribution in [0.4, 0.5) is 8.78 Å². The maximum atomic E-state index is 13.5. The van der Waals surface area contributed by atoms with Gasteiger partial charge in [0.2, 0.25) is 0 Å². The lowest BCUT2D eigenvalue weighted by molar-refractivity contribution is 0.489. The Morgan fingerprint density at radius 1 is 0.929 bits per heavy atom. The van der Waals surface area contributed by atoms with Gasteiger partial charge in [0.25, 0.3) is 0 Å². The molecule has 0 nitrogen and oxygen atoms in total. The molecule has 14 heavy (non-hydrogen) atoms. The molecule has 0 aliphatic carbocycles. The van der Waals surface area contributed by atoms with Gasteiger partial charge in [-0.15, -0.1) is 0 Å². The smallest absolute Gasteiger partial charge is 0.162 e. The van der Waals surface area contributed by atoms with Crippen molar-refractivity contribution in [3.8, 4) is 0 Å². The van der Waals surface area contributed by atoms with Gasteiger partial charge in [0.15, 0.2) is 11.6 Å². The summed E-state index contributed by atoms with van der Waals surface area (Å²) in [6, 6.07) is 2.88. The lowest BCUT2D eigenvalue weighted by Crippen LogP contribution is -2.04. The predicted molar refractivity (Wildman–Crippen MR) is 54.5 cm³/mol. The Labute approximate surface area is 84.0 Å². The average Bonchev–Trinajstić information content (AvgIpc) is 2.08. The first-order valence-corrected chi connectivity index (χ1v) is 4.93. The highest BCUT2D eigenvalue weighted by Crippen LogP contribution is 2.29. The van der Waals surface area contributed by atoms with E-state index >= 15 is 0 Å². The van der Waals surface area contributed by atoms with Gasteiger partial charge in [-0.05, 0) is 29.0 Å². The molecule has 0 spiro atoms. The number of rotatable bonds is 2. The van der Waals surface area contributed by atoms with E-state index in [9.17, 15) is 8.78 Å². The van der Waals surface area contributed by atoms with Crippen LogP contribution in [0.5, 0.6) is 0 Å². The zero-order valence-corrected chi connectivity index (χ0v) is 9.07. The SMILES string of the molecule is CC(C)c1ccc(F)c(F)c1C(C)C. The topological polar surface area (TPSA) is 0 Å². The van der Waals surface area contributed by atoms with Gasteiger partial charge in [0.1, 0.15) is 0 Å². The molecule has 0 aliphatic heterocycles. The van der Waals surface area contributed by atoms with E-state index in [2.05, 4.69) is 0 Å². The van der Waals surface area contributed by atoms with Crippen molar-refractivity contribution in [2.24, 2.45) is 0 Å². The van der Waals surface area contributed by atoms with Crippen LogP contribution in [0.15, 0.2) is 12.1 Å². The summed E-state index contributed by atoms with van der Waals surface area (Å²) >= 11 is 0. The number of halogens is 2. The van der Waals surface area contributed by atoms with Gasteiger partial charge in [0, 0.05) is 0 Å². The molecule has 1 rings (SSSR count). The molecule has 0 aromatic heterocycles. The maximum absolute atomic E-state index is 13.5. The van der Waals surface area contributed by atoms with E-state index in [4.69, 9.17) is 0 Å². The fourth-order valence-corrected chi connectivity index (χ4v) is 1.67. The lowest BCUT2D eigenvalue weighted by Gasteiger charge is -2.16. The van der Waals surface area contributed by atoms with Crippen molar-refractivity contribution in [1.29, 1.82) is 0 Å². The van der Waals surface area contributed by atoms with Gasteiger partial charge in [-0.2, -0.15) is 0 Å². The summed E-state index contributed by atoms with van der Waals surface area (Å²) in [4.78, 5) is 0. The highest BCUT2D eigenvalue weighted by Gasteiger charge is 2.17. The van der Waals surface area contributed by atoms with Gasteiger partial charge in [-0.3, -0.25) is 0 Å². The summed E-state index contributed by atoms with van der Waals surface area (Å²) in [5.41, 5.74) is 1.42. The summed E-state index contributed by atoms with van der Waals surface area (Å²) in [5, 5.41) is 0. The number of hydrogen-bond donors (Lipinski definition) is 0. The molecule has 0 bridgehead atoms. The fourth-order valence-electron chi connectivity index (χ4n) is 1.67. The van der Waals surface area contributed by atoms with Crippen LogP contribution in [0.1, 0.15) is 50.7 Å². The molecular weight excluding hydrogens is 182 g/mol. The van der Waals surface area contributed by atoms with Crippen molar-refractivity contribution in [3.05, 3.63) is 34.9 Å². The summed E-state index contributed by atoms with van der Waals surface area (Å²) in [7, 11) is 0. The molecule has 0 atom stereocenters. The largest absolute Gasteiger partial charge is 0.204 e. The van der Waals surface area contributed by atoms with Gasteiger partial charge in [0.05, 0.1) is 0 Å². The van der Waals surface area contributed by atoms with Crippen molar-refractivity contribution in [1.82, 2.24) is 0 Å². The molecule has 78 valence electrons. The Morgan fingerprint density at radius 2 is 1.50 bits per heavy atom. The lowest BCUT2D eigenvalue weighted by atomic mass is 9.90. The Balaban J connectivity index is 3.38. The second-order valence-corrected chi connectivity index (χ2v) is 4.17. The normalized spacial score (nSPS) is 11.4. The number of hydrogen-bond acceptors (Lipinski definition) is 0. The van der Waals surface area contributed by atoms with Gasteiger partial charge in [-0.1, -0.05) is 33.8 Å². The van der Waals surface area contributed by atoms with E-state index < -0.39 is 11.6 Å². The molecule has 2 heteroatoms. The van der Waals surface area contributed by atoms with Gasteiger partial charge < -0.3 is 0 Å². The summed E-state index contributed by atoms with van der Waals surface area (Å²) in [5.74, 6) is -1.20. The van der Waals surface area contributed by atoms with Crippen LogP contribution in [0.3, 0.4) is 0 Å².